The van der Waals surface area contributed by atoms with Gasteiger partial charge in [-0.2, -0.15) is 11.8 Å². The van der Waals surface area contributed by atoms with E-state index in [0.29, 0.717) is 30.9 Å². The second kappa shape index (κ2) is 13.5. The van der Waals surface area contributed by atoms with E-state index >= 15 is 0 Å². The number of hydrogen-bond donors (Lipinski definition) is 2. The normalized spacial score (nSPS) is 38.3. The zero-order valence-electron chi connectivity index (χ0n) is 26.8. The number of aromatic nitrogens is 2. The molecule has 11 heteroatoms. The Morgan fingerprint density at radius 3 is 2.70 bits per heavy atom. The number of alkyl halides is 1. The number of carboxylic acids is 1. The van der Waals surface area contributed by atoms with E-state index in [9.17, 15) is 14.7 Å². The van der Waals surface area contributed by atoms with Gasteiger partial charge in [0.05, 0.1) is 37.0 Å². The van der Waals surface area contributed by atoms with Gasteiger partial charge in [0.2, 0.25) is 0 Å². The van der Waals surface area contributed by atoms with Gasteiger partial charge in [0.25, 0.3) is 5.56 Å². The lowest BCUT2D eigenvalue weighted by Gasteiger charge is -2.47. The lowest BCUT2D eigenvalue weighted by molar-refractivity contribution is -0.142. The van der Waals surface area contributed by atoms with Crippen LogP contribution in [0.1, 0.15) is 75.9 Å². The Hall–Kier alpha value is -1.17. The lowest BCUT2D eigenvalue weighted by Crippen LogP contribution is -2.57. The van der Waals surface area contributed by atoms with Crippen LogP contribution in [0.5, 0.6) is 0 Å². The average molecular weight is 651 g/mol. The number of thioether (sulfide) groups is 1. The third kappa shape index (κ3) is 6.50. The van der Waals surface area contributed by atoms with Crippen LogP contribution in [0.3, 0.4) is 0 Å². The summed E-state index contributed by atoms with van der Waals surface area (Å²) in [4.78, 5) is 33.4. The predicted molar refractivity (Wildman–Crippen MR) is 174 cm³/mol. The molecule has 6 rings (SSSR count). The van der Waals surface area contributed by atoms with E-state index in [-0.39, 0.29) is 51.7 Å². The molecule has 9 unspecified atom stereocenters. The van der Waals surface area contributed by atoms with E-state index < -0.39 is 5.97 Å². The first kappa shape index (κ1) is 32.8. The van der Waals surface area contributed by atoms with Crippen LogP contribution >= 0.6 is 23.4 Å². The number of rotatable bonds is 8. The molecule has 5 aliphatic rings. The standard InChI is InChI=1S/C33H51ClN4O5S/c1-19-15-24(30-29(35-19)26(18-44-30)32(40)41)23-16-21(34)5-6-28(23)43-14-13-38-20(2)36-27-7-10-33(3,17-25(27)31(38)39)37-11-8-22(42-4)9-12-37/h19,21-24,26,28-30,35H,5-18H2,1-4H3,(H,40,41). The van der Waals surface area contributed by atoms with Gasteiger partial charge in [-0.15, -0.1) is 11.6 Å². The van der Waals surface area contributed by atoms with Gasteiger partial charge in [0.1, 0.15) is 5.82 Å². The molecule has 44 heavy (non-hydrogen) atoms. The van der Waals surface area contributed by atoms with Crippen molar-refractivity contribution < 1.29 is 19.4 Å². The molecule has 246 valence electrons. The number of aliphatic carboxylic acids is 1. The molecule has 0 bridgehead atoms. The summed E-state index contributed by atoms with van der Waals surface area (Å²) in [6.45, 7) is 9.38. The maximum Gasteiger partial charge on any atom is 0.308 e. The minimum atomic E-state index is -0.701. The van der Waals surface area contributed by atoms with Crippen molar-refractivity contribution in [2.24, 2.45) is 17.8 Å². The Morgan fingerprint density at radius 2 is 1.98 bits per heavy atom. The molecule has 3 saturated heterocycles. The van der Waals surface area contributed by atoms with Crippen molar-refractivity contribution in [1.29, 1.82) is 0 Å². The number of piperidine rings is 2. The van der Waals surface area contributed by atoms with Crippen LogP contribution in [0.15, 0.2) is 4.79 Å². The Kier molecular flexibility index (Phi) is 10.1. The molecular formula is C33H51ClN4O5S. The summed E-state index contributed by atoms with van der Waals surface area (Å²) >= 11 is 8.56. The summed E-state index contributed by atoms with van der Waals surface area (Å²) in [6, 6.07) is 0.250. The number of carbonyl (C=O) groups is 1. The summed E-state index contributed by atoms with van der Waals surface area (Å²) in [5, 5.41) is 13.8. The number of ether oxygens (including phenoxy) is 2. The van der Waals surface area contributed by atoms with E-state index in [1.54, 1.807) is 7.11 Å². The van der Waals surface area contributed by atoms with Gasteiger partial charge in [-0.25, -0.2) is 4.98 Å². The van der Waals surface area contributed by atoms with Crippen LogP contribution in [0.4, 0.5) is 0 Å². The molecule has 4 heterocycles. The first-order valence-electron chi connectivity index (χ1n) is 16.8. The van der Waals surface area contributed by atoms with Crippen molar-refractivity contribution in [3.63, 3.8) is 0 Å². The summed E-state index contributed by atoms with van der Waals surface area (Å²) < 4.78 is 14.1. The molecular weight excluding hydrogens is 600 g/mol. The quantitative estimate of drug-likeness (QED) is 0.406. The van der Waals surface area contributed by atoms with E-state index in [2.05, 4.69) is 24.1 Å². The van der Waals surface area contributed by atoms with E-state index in [1.807, 2.05) is 23.3 Å². The zero-order chi connectivity index (χ0) is 31.2. The second-order valence-electron chi connectivity index (χ2n) is 14.4. The van der Waals surface area contributed by atoms with Crippen molar-refractivity contribution in [2.45, 2.75) is 126 Å². The Bertz CT molecular complexity index is 1260. The van der Waals surface area contributed by atoms with E-state index in [4.69, 9.17) is 26.1 Å². The SMILES string of the molecule is COC1CCN(C2(C)CCc3nc(C)n(CCOC4CCC(Cl)CC4C4CC(C)NC5C(C(=O)O)CSC45)c(=O)c3C2)CC1. The van der Waals surface area contributed by atoms with Crippen molar-refractivity contribution in [3.05, 3.63) is 27.4 Å². The van der Waals surface area contributed by atoms with Gasteiger partial charge in [-0.3, -0.25) is 19.1 Å². The molecule has 1 saturated carbocycles. The van der Waals surface area contributed by atoms with E-state index in [0.717, 1.165) is 88.0 Å². The summed E-state index contributed by atoms with van der Waals surface area (Å²) in [6.07, 6.45) is 8.78. The number of hydrogen-bond acceptors (Lipinski definition) is 8. The molecule has 1 aromatic rings. The van der Waals surface area contributed by atoms with Crippen LogP contribution in [-0.4, -0.2) is 98.5 Å². The molecule has 9 atom stereocenters. The van der Waals surface area contributed by atoms with Gasteiger partial charge in [0, 0.05) is 59.8 Å². The highest BCUT2D eigenvalue weighted by atomic mass is 35.5. The number of carboxylic acid groups (broad SMARTS) is 1. The lowest BCUT2D eigenvalue weighted by atomic mass is 9.70. The molecule has 0 radical (unpaired) electrons. The molecule has 2 N–H and O–H groups in total. The summed E-state index contributed by atoms with van der Waals surface area (Å²) in [5.74, 6) is 1.01. The second-order valence-corrected chi connectivity index (χ2v) is 16.2. The van der Waals surface area contributed by atoms with Crippen molar-refractivity contribution in [3.8, 4) is 0 Å². The number of methoxy groups -OCH3 is 1. The topological polar surface area (TPSA) is 106 Å². The highest BCUT2D eigenvalue weighted by Crippen LogP contribution is 2.48. The van der Waals surface area contributed by atoms with Crippen LogP contribution in [0.2, 0.25) is 0 Å². The number of likely N-dealkylation sites (tertiary alicyclic amines) is 1. The molecule has 1 aromatic heterocycles. The molecule has 0 aromatic carbocycles. The van der Waals surface area contributed by atoms with Gasteiger partial charge in [-0.1, -0.05) is 0 Å². The fourth-order valence-corrected chi connectivity index (χ4v) is 11.2. The molecule has 0 spiro atoms. The fraction of sp³-hybridized carbons (Fsp3) is 0.848. The number of aryl methyl sites for hydroxylation is 2. The molecule has 4 fully saturated rings. The Morgan fingerprint density at radius 1 is 1.20 bits per heavy atom. The van der Waals surface area contributed by atoms with E-state index in [1.165, 1.54) is 0 Å². The minimum Gasteiger partial charge on any atom is -0.481 e. The molecule has 3 aliphatic heterocycles. The van der Waals surface area contributed by atoms with Gasteiger partial charge >= 0.3 is 5.97 Å². The van der Waals surface area contributed by atoms with Gasteiger partial charge in [-0.05, 0) is 90.4 Å². The largest absolute Gasteiger partial charge is 0.481 e. The smallest absolute Gasteiger partial charge is 0.308 e. The maximum absolute atomic E-state index is 13.9. The minimum absolute atomic E-state index is 0.0116. The van der Waals surface area contributed by atoms with Crippen molar-refractivity contribution in [2.75, 3.05) is 32.6 Å². The molecule has 9 nitrogen and oxygen atoms in total. The third-order valence-corrected chi connectivity index (χ3v) is 13.6. The predicted octanol–water partition coefficient (Wildman–Crippen LogP) is 3.89. The summed E-state index contributed by atoms with van der Waals surface area (Å²) in [7, 11) is 1.80. The summed E-state index contributed by atoms with van der Waals surface area (Å²) in [5.41, 5.74) is 1.90. The zero-order valence-corrected chi connectivity index (χ0v) is 28.4. The number of halogens is 1. The van der Waals surface area contributed by atoms with Crippen molar-refractivity contribution in [1.82, 2.24) is 19.8 Å². The fourth-order valence-electron chi connectivity index (χ4n) is 9.07. The highest BCUT2D eigenvalue weighted by Gasteiger charge is 2.51. The first-order chi connectivity index (χ1) is 21.1. The first-order valence-corrected chi connectivity index (χ1v) is 18.3. The maximum atomic E-state index is 13.9. The highest BCUT2D eigenvalue weighted by molar-refractivity contribution is 8.00. The number of nitrogens with zero attached hydrogens (tertiary/aromatic N) is 3. The van der Waals surface area contributed by atoms with Crippen LogP contribution in [0, 0.1) is 24.7 Å². The number of fused-ring (bicyclic) bond motifs is 2. The number of nitrogens with one attached hydrogen (secondary N) is 1. The van der Waals surface area contributed by atoms with Crippen LogP contribution in [0.25, 0.3) is 0 Å². The molecule has 2 aliphatic carbocycles. The average Bonchev–Trinajstić information content (AvgIpc) is 3.44. The Balaban J connectivity index is 1.14. The monoisotopic (exact) mass is 650 g/mol. The van der Waals surface area contributed by atoms with Crippen LogP contribution < -0.4 is 10.9 Å². The van der Waals surface area contributed by atoms with Crippen LogP contribution in [-0.2, 0) is 33.7 Å². The van der Waals surface area contributed by atoms with Gasteiger partial charge in [0.15, 0.2) is 0 Å². The Labute approximate surface area is 271 Å². The molecule has 0 amide bonds. The van der Waals surface area contributed by atoms with Gasteiger partial charge < -0.3 is 19.9 Å². The van der Waals surface area contributed by atoms with Crippen molar-refractivity contribution >= 4 is 29.3 Å². The third-order valence-electron chi connectivity index (χ3n) is 11.6.